The number of piperidine rings is 1. The summed E-state index contributed by atoms with van der Waals surface area (Å²) in [5.74, 6) is 0.443. The number of hydrogen-bond donors (Lipinski definition) is 1. The van der Waals surface area contributed by atoms with E-state index in [9.17, 15) is 13.2 Å². The zero-order valence-electron chi connectivity index (χ0n) is 13.4. The first kappa shape index (κ1) is 16.4. The molecule has 1 saturated heterocycles. The average molecular weight is 337 g/mol. The third-order valence-electron chi connectivity index (χ3n) is 4.49. The first-order valence-corrected chi connectivity index (χ1v) is 9.89. The summed E-state index contributed by atoms with van der Waals surface area (Å²) in [4.78, 5) is 18.9. The standard InChI is InChI=1S/C16H23N3O3S/c1-2-23(21,22)18-13-5-4-10-19(11-13)16(20)15-14(12-7-8-12)6-3-9-17-15/h3,6,9,12-13,18H,2,4-5,7-8,10-11H2,1H3. The Bertz CT molecular complexity index is 686. The highest BCUT2D eigenvalue weighted by Crippen LogP contribution is 2.41. The van der Waals surface area contributed by atoms with Crippen molar-refractivity contribution < 1.29 is 13.2 Å². The first-order valence-electron chi connectivity index (χ1n) is 8.24. The van der Waals surface area contributed by atoms with Crippen LogP contribution >= 0.6 is 0 Å². The predicted octanol–water partition coefficient (Wildman–Crippen LogP) is 1.50. The van der Waals surface area contributed by atoms with Gasteiger partial charge in [-0.15, -0.1) is 0 Å². The summed E-state index contributed by atoms with van der Waals surface area (Å²) >= 11 is 0. The molecule has 0 radical (unpaired) electrons. The van der Waals surface area contributed by atoms with Gasteiger partial charge in [0.2, 0.25) is 10.0 Å². The number of hydrogen-bond acceptors (Lipinski definition) is 4. The fourth-order valence-electron chi connectivity index (χ4n) is 3.07. The Morgan fingerprint density at radius 3 is 2.87 bits per heavy atom. The van der Waals surface area contributed by atoms with Crippen LogP contribution in [0.3, 0.4) is 0 Å². The number of aromatic nitrogens is 1. The molecule has 0 spiro atoms. The molecule has 0 bridgehead atoms. The van der Waals surface area contributed by atoms with Gasteiger partial charge in [0.05, 0.1) is 5.75 Å². The molecule has 1 atom stereocenters. The average Bonchev–Trinajstić information content (AvgIpc) is 3.39. The zero-order valence-corrected chi connectivity index (χ0v) is 14.2. The van der Waals surface area contributed by atoms with Gasteiger partial charge < -0.3 is 4.90 Å². The van der Waals surface area contributed by atoms with E-state index < -0.39 is 10.0 Å². The molecule has 3 rings (SSSR count). The molecule has 0 aromatic carbocycles. The molecule has 1 amide bonds. The van der Waals surface area contributed by atoms with E-state index in [2.05, 4.69) is 9.71 Å². The number of nitrogens with one attached hydrogen (secondary N) is 1. The lowest BCUT2D eigenvalue weighted by Gasteiger charge is -2.33. The maximum atomic E-state index is 12.8. The lowest BCUT2D eigenvalue weighted by Crippen LogP contribution is -2.50. The lowest BCUT2D eigenvalue weighted by atomic mass is 10.0. The molecule has 1 aromatic heterocycles. The van der Waals surface area contributed by atoms with Crippen molar-refractivity contribution in [2.24, 2.45) is 0 Å². The Hall–Kier alpha value is -1.47. The molecule has 1 unspecified atom stereocenters. The van der Waals surface area contributed by atoms with Crippen LogP contribution in [-0.4, -0.2) is 49.1 Å². The number of nitrogens with zero attached hydrogens (tertiary/aromatic N) is 2. The molecular formula is C16H23N3O3S. The van der Waals surface area contributed by atoms with Gasteiger partial charge in [0, 0.05) is 25.3 Å². The zero-order chi connectivity index (χ0) is 16.4. The number of carbonyl (C=O) groups is 1. The van der Waals surface area contributed by atoms with Gasteiger partial charge in [-0.1, -0.05) is 6.07 Å². The highest BCUT2D eigenvalue weighted by molar-refractivity contribution is 7.89. The quantitative estimate of drug-likeness (QED) is 0.883. The van der Waals surface area contributed by atoms with Crippen LogP contribution in [0.1, 0.15) is 54.6 Å². The van der Waals surface area contributed by atoms with Crippen LogP contribution in [0.2, 0.25) is 0 Å². The van der Waals surface area contributed by atoms with Crippen molar-refractivity contribution in [1.82, 2.24) is 14.6 Å². The molecule has 1 aromatic rings. The molecule has 1 N–H and O–H groups in total. The number of carbonyl (C=O) groups excluding carboxylic acids is 1. The van der Waals surface area contributed by atoms with E-state index in [0.29, 0.717) is 24.7 Å². The molecule has 1 aliphatic heterocycles. The second-order valence-electron chi connectivity index (χ2n) is 6.33. The van der Waals surface area contributed by atoms with Gasteiger partial charge in [0.15, 0.2) is 0 Å². The highest BCUT2D eigenvalue weighted by atomic mass is 32.2. The van der Waals surface area contributed by atoms with Crippen molar-refractivity contribution in [1.29, 1.82) is 0 Å². The van der Waals surface area contributed by atoms with Gasteiger partial charge in [-0.2, -0.15) is 0 Å². The molecule has 1 saturated carbocycles. The summed E-state index contributed by atoms with van der Waals surface area (Å²) in [5, 5.41) is 0. The molecule has 1 aliphatic carbocycles. The molecule has 2 heterocycles. The summed E-state index contributed by atoms with van der Waals surface area (Å²) in [6.45, 7) is 2.69. The minimum atomic E-state index is -3.25. The maximum Gasteiger partial charge on any atom is 0.272 e. The topological polar surface area (TPSA) is 79.4 Å². The van der Waals surface area contributed by atoms with Crippen molar-refractivity contribution in [3.63, 3.8) is 0 Å². The summed E-state index contributed by atoms with van der Waals surface area (Å²) < 4.78 is 26.2. The van der Waals surface area contributed by atoms with Gasteiger partial charge in [-0.05, 0) is 50.2 Å². The van der Waals surface area contributed by atoms with Crippen molar-refractivity contribution in [2.75, 3.05) is 18.8 Å². The van der Waals surface area contributed by atoms with Gasteiger partial charge in [0.25, 0.3) is 5.91 Å². The molecular weight excluding hydrogens is 314 g/mol. The summed E-state index contributed by atoms with van der Waals surface area (Å²) in [6, 6.07) is 3.66. The minimum Gasteiger partial charge on any atom is -0.336 e. The van der Waals surface area contributed by atoms with Crippen LogP contribution in [0, 0.1) is 0 Å². The fraction of sp³-hybridized carbons (Fsp3) is 0.625. The van der Waals surface area contributed by atoms with Gasteiger partial charge in [-0.3, -0.25) is 9.78 Å². The van der Waals surface area contributed by atoms with Crippen molar-refractivity contribution in [3.8, 4) is 0 Å². The molecule has 6 nitrogen and oxygen atoms in total. The Morgan fingerprint density at radius 1 is 1.39 bits per heavy atom. The van der Waals surface area contributed by atoms with Crippen LogP contribution in [0.5, 0.6) is 0 Å². The van der Waals surface area contributed by atoms with E-state index in [-0.39, 0.29) is 17.7 Å². The molecule has 2 fully saturated rings. The van der Waals surface area contributed by atoms with Crippen LogP contribution in [0.4, 0.5) is 0 Å². The molecule has 23 heavy (non-hydrogen) atoms. The van der Waals surface area contributed by atoms with E-state index in [1.54, 1.807) is 18.0 Å². The van der Waals surface area contributed by atoms with Crippen LogP contribution in [-0.2, 0) is 10.0 Å². The number of sulfonamides is 1. The molecule has 126 valence electrons. The third kappa shape index (κ3) is 3.90. The fourth-order valence-corrected chi connectivity index (χ4v) is 3.93. The first-order chi connectivity index (χ1) is 11.0. The largest absolute Gasteiger partial charge is 0.336 e. The van der Waals surface area contributed by atoms with Gasteiger partial charge in [-0.25, -0.2) is 13.1 Å². The SMILES string of the molecule is CCS(=O)(=O)NC1CCCN(C(=O)c2ncccc2C2CC2)C1. The maximum absolute atomic E-state index is 12.8. The summed E-state index contributed by atoms with van der Waals surface area (Å²) in [5.41, 5.74) is 1.57. The van der Waals surface area contributed by atoms with Crippen molar-refractivity contribution >= 4 is 15.9 Å². The van der Waals surface area contributed by atoms with E-state index in [0.717, 1.165) is 31.2 Å². The Morgan fingerprint density at radius 2 is 2.17 bits per heavy atom. The Balaban J connectivity index is 1.72. The van der Waals surface area contributed by atoms with Crippen LogP contribution in [0.15, 0.2) is 18.3 Å². The Kier molecular flexibility index (Phi) is 4.68. The van der Waals surface area contributed by atoms with Crippen LogP contribution < -0.4 is 4.72 Å². The van der Waals surface area contributed by atoms with E-state index in [4.69, 9.17) is 0 Å². The van der Waals surface area contributed by atoms with E-state index >= 15 is 0 Å². The van der Waals surface area contributed by atoms with E-state index in [1.807, 2.05) is 12.1 Å². The molecule has 7 heteroatoms. The number of likely N-dealkylation sites (tertiary alicyclic amines) is 1. The molecule has 2 aliphatic rings. The normalized spacial score (nSPS) is 22.1. The monoisotopic (exact) mass is 337 g/mol. The second-order valence-corrected chi connectivity index (χ2v) is 8.37. The van der Waals surface area contributed by atoms with Gasteiger partial charge >= 0.3 is 0 Å². The van der Waals surface area contributed by atoms with Gasteiger partial charge in [0.1, 0.15) is 5.69 Å². The third-order valence-corrected chi connectivity index (χ3v) is 5.95. The number of pyridine rings is 1. The van der Waals surface area contributed by atoms with E-state index in [1.165, 1.54) is 0 Å². The second kappa shape index (κ2) is 6.57. The Labute approximate surface area is 137 Å². The summed E-state index contributed by atoms with van der Waals surface area (Å²) in [6.07, 6.45) is 5.45. The lowest BCUT2D eigenvalue weighted by molar-refractivity contribution is 0.0696. The predicted molar refractivity (Wildman–Crippen MR) is 87.7 cm³/mol. The minimum absolute atomic E-state index is 0.0590. The van der Waals surface area contributed by atoms with Crippen molar-refractivity contribution in [2.45, 2.75) is 44.6 Å². The van der Waals surface area contributed by atoms with Crippen LogP contribution in [0.25, 0.3) is 0 Å². The van der Waals surface area contributed by atoms with Crippen molar-refractivity contribution in [3.05, 3.63) is 29.6 Å². The number of amides is 1. The number of rotatable bonds is 5. The highest BCUT2D eigenvalue weighted by Gasteiger charge is 2.32. The summed E-state index contributed by atoms with van der Waals surface area (Å²) in [7, 11) is -3.25. The smallest absolute Gasteiger partial charge is 0.272 e.